The summed E-state index contributed by atoms with van der Waals surface area (Å²) in [6.07, 6.45) is 0. The second-order valence-electron chi connectivity index (χ2n) is 9.14. The largest absolute Gasteiger partial charge is 0.496 e. The van der Waals surface area contributed by atoms with Crippen molar-refractivity contribution in [1.82, 2.24) is 19.8 Å². The summed E-state index contributed by atoms with van der Waals surface area (Å²) < 4.78 is 5.50. The van der Waals surface area contributed by atoms with E-state index in [2.05, 4.69) is 27.2 Å². The predicted octanol–water partition coefficient (Wildman–Crippen LogP) is 2.88. The maximum atomic E-state index is 12.0. The van der Waals surface area contributed by atoms with Crippen LogP contribution in [0.15, 0.2) is 48.5 Å². The number of piperazine rings is 1. The van der Waals surface area contributed by atoms with Gasteiger partial charge in [0.1, 0.15) is 23.4 Å². The highest BCUT2D eigenvalue weighted by Gasteiger charge is 2.23. The number of rotatable bonds is 9. The molecule has 34 heavy (non-hydrogen) atoms. The molecular formula is C26H34N6O2. The van der Waals surface area contributed by atoms with Gasteiger partial charge in [-0.15, -0.1) is 0 Å². The Morgan fingerprint density at radius 2 is 1.65 bits per heavy atom. The molecule has 8 heteroatoms. The van der Waals surface area contributed by atoms with Gasteiger partial charge in [-0.3, -0.25) is 14.6 Å². The first-order valence-electron chi connectivity index (χ1n) is 11.8. The van der Waals surface area contributed by atoms with Gasteiger partial charge in [0.05, 0.1) is 19.2 Å². The van der Waals surface area contributed by atoms with Gasteiger partial charge in [0, 0.05) is 43.7 Å². The highest BCUT2D eigenvalue weighted by Crippen LogP contribution is 2.24. The van der Waals surface area contributed by atoms with E-state index in [0.29, 0.717) is 12.4 Å². The number of anilines is 1. The minimum atomic E-state index is -0.496. The van der Waals surface area contributed by atoms with Crippen LogP contribution in [-0.2, 0) is 17.9 Å². The van der Waals surface area contributed by atoms with E-state index in [0.717, 1.165) is 55.2 Å². The van der Waals surface area contributed by atoms with Crippen molar-refractivity contribution < 1.29 is 9.53 Å². The molecule has 0 spiro atoms. The number of benzene rings is 2. The zero-order valence-corrected chi connectivity index (χ0v) is 20.2. The fourth-order valence-corrected chi connectivity index (χ4v) is 4.40. The van der Waals surface area contributed by atoms with Crippen molar-refractivity contribution in [3.63, 3.8) is 0 Å². The lowest BCUT2D eigenvalue weighted by Gasteiger charge is -2.34. The Hall–Kier alpha value is -3.23. The molecule has 1 aromatic heterocycles. The van der Waals surface area contributed by atoms with E-state index >= 15 is 0 Å². The first kappa shape index (κ1) is 23.9. The summed E-state index contributed by atoms with van der Waals surface area (Å²) in [7, 11) is 1.72. The fourth-order valence-electron chi connectivity index (χ4n) is 4.40. The molecule has 2 heterocycles. The molecule has 4 rings (SSSR count). The van der Waals surface area contributed by atoms with Crippen LogP contribution in [0.3, 0.4) is 0 Å². The van der Waals surface area contributed by atoms with Gasteiger partial charge >= 0.3 is 0 Å². The Kier molecular flexibility index (Phi) is 7.59. The number of hydrogen-bond acceptors (Lipinski definition) is 7. The lowest BCUT2D eigenvalue weighted by atomic mass is 10.0. The molecule has 180 valence electrons. The fraction of sp³-hybridized carbons (Fsp3) is 0.423. The van der Waals surface area contributed by atoms with Crippen LogP contribution >= 0.6 is 0 Å². The third kappa shape index (κ3) is 5.63. The third-order valence-corrected chi connectivity index (χ3v) is 6.33. The Morgan fingerprint density at radius 3 is 2.32 bits per heavy atom. The molecule has 8 nitrogen and oxygen atoms in total. The van der Waals surface area contributed by atoms with E-state index in [1.165, 1.54) is 5.56 Å². The summed E-state index contributed by atoms with van der Waals surface area (Å²) in [4.78, 5) is 26.4. The molecule has 1 amide bonds. The van der Waals surface area contributed by atoms with E-state index in [4.69, 9.17) is 20.4 Å². The summed E-state index contributed by atoms with van der Waals surface area (Å²) in [5.41, 5.74) is 7.71. The molecular weight excluding hydrogens is 428 g/mol. The zero-order valence-electron chi connectivity index (χ0n) is 20.2. The molecule has 1 fully saturated rings. The minimum absolute atomic E-state index is 0.0472. The number of carbonyl (C=O) groups excluding carboxylic acids is 1. The number of fused-ring (bicyclic) bond motifs is 1. The topological polar surface area (TPSA) is 96.6 Å². The number of ether oxygens (including phenoxy) is 1. The number of nitrogens with one attached hydrogen (secondary N) is 1. The smallest absolute Gasteiger partial charge is 0.240 e. The Morgan fingerprint density at radius 1 is 1.00 bits per heavy atom. The highest BCUT2D eigenvalue weighted by atomic mass is 16.5. The van der Waals surface area contributed by atoms with Gasteiger partial charge in [0.2, 0.25) is 5.91 Å². The average molecular weight is 463 g/mol. The first-order chi connectivity index (χ1) is 16.4. The molecule has 1 atom stereocenters. The van der Waals surface area contributed by atoms with Crippen LogP contribution in [0.5, 0.6) is 5.75 Å². The molecule has 1 aliphatic heterocycles. The van der Waals surface area contributed by atoms with Crippen molar-refractivity contribution in [3.05, 3.63) is 59.9 Å². The van der Waals surface area contributed by atoms with Crippen LogP contribution in [0.4, 0.5) is 5.82 Å². The third-order valence-electron chi connectivity index (χ3n) is 6.33. The number of nitrogens with two attached hydrogens (primary N) is 1. The summed E-state index contributed by atoms with van der Waals surface area (Å²) in [5.74, 6) is 2.00. The molecule has 3 aromatic rings. The van der Waals surface area contributed by atoms with Crippen molar-refractivity contribution in [2.75, 3.05) is 38.6 Å². The summed E-state index contributed by atoms with van der Waals surface area (Å²) in [6, 6.07) is 15.6. The number of primary amides is 1. The molecule has 0 bridgehead atoms. The quantitative estimate of drug-likeness (QED) is 0.505. The van der Waals surface area contributed by atoms with Crippen LogP contribution < -0.4 is 15.8 Å². The number of hydrogen-bond donors (Lipinski definition) is 2. The number of nitrogens with zero attached hydrogens (tertiary/aromatic N) is 4. The predicted molar refractivity (Wildman–Crippen MR) is 135 cm³/mol. The van der Waals surface area contributed by atoms with Gasteiger partial charge in [0.15, 0.2) is 0 Å². The summed E-state index contributed by atoms with van der Waals surface area (Å²) in [6.45, 7) is 9.27. The lowest BCUT2D eigenvalue weighted by molar-refractivity contribution is -0.119. The van der Waals surface area contributed by atoms with Crippen LogP contribution in [0.25, 0.3) is 10.9 Å². The molecule has 3 N–H and O–H groups in total. The van der Waals surface area contributed by atoms with E-state index in [1.807, 2.05) is 50.2 Å². The van der Waals surface area contributed by atoms with E-state index < -0.39 is 6.04 Å². The Labute approximate surface area is 201 Å². The van der Waals surface area contributed by atoms with Crippen molar-refractivity contribution in [2.24, 2.45) is 11.7 Å². The van der Waals surface area contributed by atoms with Gasteiger partial charge in [-0.1, -0.05) is 44.2 Å². The summed E-state index contributed by atoms with van der Waals surface area (Å²) >= 11 is 0. The van der Waals surface area contributed by atoms with Crippen LogP contribution in [-0.4, -0.2) is 65.0 Å². The summed E-state index contributed by atoms with van der Waals surface area (Å²) in [5, 5.41) is 4.17. The monoisotopic (exact) mass is 462 g/mol. The molecule has 1 aliphatic rings. The van der Waals surface area contributed by atoms with Crippen LogP contribution in [0.1, 0.15) is 25.2 Å². The molecule has 0 unspecified atom stereocenters. The molecule has 0 aliphatic carbocycles. The maximum absolute atomic E-state index is 12.0. The normalized spacial score (nSPS) is 16.0. The molecule has 2 aromatic carbocycles. The number of para-hydroxylation sites is 2. The number of methoxy groups -OCH3 is 1. The van der Waals surface area contributed by atoms with Crippen molar-refractivity contribution in [2.45, 2.75) is 33.0 Å². The number of carbonyl (C=O) groups is 1. The maximum Gasteiger partial charge on any atom is 0.240 e. The second kappa shape index (κ2) is 10.8. The zero-order chi connectivity index (χ0) is 24.1. The van der Waals surface area contributed by atoms with E-state index in [1.54, 1.807) is 7.11 Å². The van der Waals surface area contributed by atoms with Gasteiger partial charge in [0.25, 0.3) is 0 Å². The Balaban J connectivity index is 1.45. The SMILES string of the molecule is COc1ccccc1CN1CCN(Cc2nc(N[C@H](C(N)=O)C(C)C)c3ccccc3n2)CC1. The van der Waals surface area contributed by atoms with Crippen molar-refractivity contribution >= 4 is 22.6 Å². The minimum Gasteiger partial charge on any atom is -0.496 e. The average Bonchev–Trinajstić information content (AvgIpc) is 2.83. The highest BCUT2D eigenvalue weighted by molar-refractivity contribution is 5.91. The van der Waals surface area contributed by atoms with E-state index in [9.17, 15) is 4.79 Å². The van der Waals surface area contributed by atoms with Gasteiger partial charge in [-0.2, -0.15) is 0 Å². The first-order valence-corrected chi connectivity index (χ1v) is 11.8. The molecule has 0 saturated carbocycles. The second-order valence-corrected chi connectivity index (χ2v) is 9.14. The lowest BCUT2D eigenvalue weighted by Crippen LogP contribution is -2.45. The van der Waals surface area contributed by atoms with Crippen molar-refractivity contribution in [3.8, 4) is 5.75 Å². The Bertz CT molecular complexity index is 1130. The van der Waals surface area contributed by atoms with Gasteiger partial charge in [-0.25, -0.2) is 9.97 Å². The van der Waals surface area contributed by atoms with E-state index in [-0.39, 0.29) is 11.8 Å². The van der Waals surface area contributed by atoms with Crippen LogP contribution in [0.2, 0.25) is 0 Å². The number of aromatic nitrogens is 2. The standard InChI is InChI=1S/C26H34N6O2/c1-18(2)24(25(27)33)30-26-20-9-5-6-10-21(20)28-23(29-26)17-32-14-12-31(13-15-32)16-19-8-4-7-11-22(19)34-3/h4-11,18,24H,12-17H2,1-3H3,(H2,27,33)(H,28,29,30)/t24-/m0/s1. The molecule has 0 radical (unpaired) electrons. The molecule has 1 saturated heterocycles. The van der Waals surface area contributed by atoms with Crippen molar-refractivity contribution in [1.29, 1.82) is 0 Å². The van der Waals surface area contributed by atoms with Crippen LogP contribution in [0, 0.1) is 5.92 Å². The van der Waals surface area contributed by atoms with Gasteiger partial charge < -0.3 is 15.8 Å². The van der Waals surface area contributed by atoms with Gasteiger partial charge in [-0.05, 0) is 24.1 Å². The number of amides is 1.